The number of likely N-dealkylation sites (N-methyl/N-ethyl adjacent to an activating group) is 1. The van der Waals surface area contributed by atoms with E-state index in [1.807, 2.05) is 0 Å². The summed E-state index contributed by atoms with van der Waals surface area (Å²) in [5.41, 5.74) is 1.55. The Kier molecular flexibility index (Phi) is 4.15. The van der Waals surface area contributed by atoms with Crippen LogP contribution in [0.4, 0.5) is 0 Å². The first-order valence-electron chi connectivity index (χ1n) is 7.36. The number of hydrogen-bond acceptors (Lipinski definition) is 3. The van der Waals surface area contributed by atoms with E-state index in [0.29, 0.717) is 0 Å². The van der Waals surface area contributed by atoms with E-state index in [1.165, 1.54) is 43.8 Å². The van der Waals surface area contributed by atoms with Gasteiger partial charge in [-0.1, -0.05) is 18.2 Å². The smallest absolute Gasteiger partial charge is 0.0263 e. The second-order valence-electron chi connectivity index (χ2n) is 6.07. The summed E-state index contributed by atoms with van der Waals surface area (Å²) in [4.78, 5) is 6.58. The normalized spacial score (nSPS) is 27.7. The van der Waals surface area contributed by atoms with Crippen LogP contribution in [0.15, 0.2) is 29.2 Å². The molecule has 0 radical (unpaired) electrons. The fraction of sp³-hybridized carbons (Fsp3) is 0.625. The molecule has 0 aliphatic carbocycles. The maximum absolute atomic E-state index is 2.68. The van der Waals surface area contributed by atoms with Gasteiger partial charge in [0, 0.05) is 29.3 Å². The molecule has 1 saturated heterocycles. The molecule has 2 unspecified atom stereocenters. The molecular formula is C16H24N2S. The monoisotopic (exact) mass is 276 g/mol. The van der Waals surface area contributed by atoms with E-state index in [4.69, 9.17) is 0 Å². The quantitative estimate of drug-likeness (QED) is 0.838. The standard InChI is InChI=1S/C16H24N2S/c1-17(2)14-7-5-9-18(11-14)12-15-10-13-6-3-4-8-16(13)19-15/h3-4,6,8,14-15H,5,7,9-12H2,1-2H3. The average Bonchev–Trinajstić information content (AvgIpc) is 2.81. The van der Waals surface area contributed by atoms with Crippen LogP contribution in [0, 0.1) is 0 Å². The van der Waals surface area contributed by atoms with Crippen LogP contribution in [0.5, 0.6) is 0 Å². The van der Waals surface area contributed by atoms with Crippen LogP contribution in [-0.4, -0.2) is 54.8 Å². The van der Waals surface area contributed by atoms with Crippen molar-refractivity contribution < 1.29 is 0 Å². The molecule has 1 fully saturated rings. The van der Waals surface area contributed by atoms with E-state index >= 15 is 0 Å². The van der Waals surface area contributed by atoms with E-state index in [0.717, 1.165) is 11.3 Å². The van der Waals surface area contributed by atoms with Crippen molar-refractivity contribution in [1.29, 1.82) is 0 Å². The van der Waals surface area contributed by atoms with E-state index in [1.54, 1.807) is 5.56 Å². The summed E-state index contributed by atoms with van der Waals surface area (Å²) in [5, 5.41) is 0.762. The number of piperidine rings is 1. The summed E-state index contributed by atoms with van der Waals surface area (Å²) in [6.07, 6.45) is 3.97. The highest BCUT2D eigenvalue weighted by molar-refractivity contribution is 8.00. The molecule has 2 atom stereocenters. The van der Waals surface area contributed by atoms with E-state index in [9.17, 15) is 0 Å². The van der Waals surface area contributed by atoms with Crippen molar-refractivity contribution in [2.45, 2.75) is 35.4 Å². The van der Waals surface area contributed by atoms with Crippen LogP contribution < -0.4 is 0 Å². The molecular weight excluding hydrogens is 252 g/mol. The van der Waals surface area contributed by atoms with Crippen molar-refractivity contribution in [2.75, 3.05) is 33.7 Å². The molecule has 2 nitrogen and oxygen atoms in total. The third-order valence-corrected chi connectivity index (χ3v) is 5.69. The van der Waals surface area contributed by atoms with Gasteiger partial charge in [-0.3, -0.25) is 0 Å². The summed E-state index contributed by atoms with van der Waals surface area (Å²) < 4.78 is 0. The number of likely N-dealkylation sites (tertiary alicyclic amines) is 1. The largest absolute Gasteiger partial charge is 0.305 e. The summed E-state index contributed by atoms with van der Waals surface area (Å²) in [6.45, 7) is 3.79. The topological polar surface area (TPSA) is 6.48 Å². The van der Waals surface area contributed by atoms with E-state index in [-0.39, 0.29) is 0 Å². The van der Waals surface area contributed by atoms with Crippen molar-refractivity contribution in [3.05, 3.63) is 29.8 Å². The van der Waals surface area contributed by atoms with Gasteiger partial charge < -0.3 is 9.80 Å². The lowest BCUT2D eigenvalue weighted by Gasteiger charge is -2.37. The Morgan fingerprint density at radius 3 is 2.95 bits per heavy atom. The van der Waals surface area contributed by atoms with Crippen LogP contribution in [0.1, 0.15) is 18.4 Å². The molecule has 1 aromatic rings. The third kappa shape index (κ3) is 3.15. The predicted molar refractivity (Wildman–Crippen MR) is 82.9 cm³/mol. The minimum atomic E-state index is 0.752. The Hall–Kier alpha value is -0.510. The van der Waals surface area contributed by atoms with Gasteiger partial charge in [-0.25, -0.2) is 0 Å². The first kappa shape index (κ1) is 13.5. The molecule has 0 saturated carbocycles. The Morgan fingerprint density at radius 1 is 1.32 bits per heavy atom. The SMILES string of the molecule is CN(C)C1CCCN(CC2Cc3ccccc3S2)C1. The molecule has 3 rings (SSSR count). The van der Waals surface area contributed by atoms with Gasteiger partial charge in [-0.05, 0) is 51.5 Å². The van der Waals surface area contributed by atoms with Crippen LogP contribution in [-0.2, 0) is 6.42 Å². The third-order valence-electron chi connectivity index (χ3n) is 4.39. The Balaban J connectivity index is 1.56. The van der Waals surface area contributed by atoms with Crippen LogP contribution in [0.2, 0.25) is 0 Å². The zero-order valence-electron chi connectivity index (χ0n) is 12.0. The first-order chi connectivity index (χ1) is 9.22. The van der Waals surface area contributed by atoms with Crippen LogP contribution >= 0.6 is 11.8 Å². The van der Waals surface area contributed by atoms with Crippen LogP contribution in [0.25, 0.3) is 0 Å². The molecule has 3 heteroatoms. The number of fused-ring (bicyclic) bond motifs is 1. The molecule has 104 valence electrons. The molecule has 19 heavy (non-hydrogen) atoms. The van der Waals surface area contributed by atoms with Crippen LogP contribution in [0.3, 0.4) is 0 Å². The average molecular weight is 276 g/mol. The minimum Gasteiger partial charge on any atom is -0.305 e. The maximum atomic E-state index is 2.68. The number of hydrogen-bond donors (Lipinski definition) is 0. The predicted octanol–water partition coefficient (Wildman–Crippen LogP) is 2.73. The van der Waals surface area contributed by atoms with E-state index in [2.05, 4.69) is 59.9 Å². The Bertz CT molecular complexity index is 408. The van der Waals surface area contributed by atoms with Gasteiger partial charge in [-0.2, -0.15) is 0 Å². The number of thioether (sulfide) groups is 1. The highest BCUT2D eigenvalue weighted by atomic mass is 32.2. The summed E-state index contributed by atoms with van der Waals surface area (Å²) in [7, 11) is 4.43. The van der Waals surface area contributed by atoms with Gasteiger partial charge in [0.15, 0.2) is 0 Å². The Labute approximate surface area is 121 Å². The Morgan fingerprint density at radius 2 is 2.16 bits per heavy atom. The molecule has 0 bridgehead atoms. The van der Waals surface area contributed by atoms with Crippen molar-refractivity contribution in [2.24, 2.45) is 0 Å². The number of nitrogens with zero attached hydrogens (tertiary/aromatic N) is 2. The van der Waals surface area contributed by atoms with Crippen molar-refractivity contribution >= 4 is 11.8 Å². The van der Waals surface area contributed by atoms with Crippen molar-refractivity contribution in [3.8, 4) is 0 Å². The van der Waals surface area contributed by atoms with Gasteiger partial charge in [0.2, 0.25) is 0 Å². The molecule has 2 heterocycles. The lowest BCUT2D eigenvalue weighted by molar-refractivity contribution is 0.134. The fourth-order valence-electron chi connectivity index (χ4n) is 3.26. The molecule has 1 aromatic carbocycles. The summed E-state index contributed by atoms with van der Waals surface area (Å²) >= 11 is 2.08. The first-order valence-corrected chi connectivity index (χ1v) is 8.23. The molecule has 2 aliphatic heterocycles. The van der Waals surface area contributed by atoms with Gasteiger partial charge >= 0.3 is 0 Å². The number of benzene rings is 1. The lowest BCUT2D eigenvalue weighted by atomic mass is 10.0. The highest BCUT2D eigenvalue weighted by Crippen LogP contribution is 2.37. The zero-order valence-corrected chi connectivity index (χ0v) is 12.8. The second-order valence-corrected chi connectivity index (χ2v) is 7.41. The molecule has 2 aliphatic rings. The highest BCUT2D eigenvalue weighted by Gasteiger charge is 2.27. The fourth-order valence-corrected chi connectivity index (χ4v) is 4.63. The minimum absolute atomic E-state index is 0.752. The molecule has 0 aromatic heterocycles. The summed E-state index contributed by atoms with van der Waals surface area (Å²) in [6, 6.07) is 9.66. The molecule has 0 spiro atoms. The maximum Gasteiger partial charge on any atom is 0.0263 e. The van der Waals surface area contributed by atoms with Crippen molar-refractivity contribution in [3.63, 3.8) is 0 Å². The summed E-state index contributed by atoms with van der Waals surface area (Å²) in [5.74, 6) is 0. The van der Waals surface area contributed by atoms with E-state index < -0.39 is 0 Å². The van der Waals surface area contributed by atoms with Gasteiger partial charge in [0.05, 0.1) is 0 Å². The second kappa shape index (κ2) is 5.86. The number of rotatable bonds is 3. The van der Waals surface area contributed by atoms with Gasteiger partial charge in [0.25, 0.3) is 0 Å². The lowest BCUT2D eigenvalue weighted by Crippen LogP contribution is -2.46. The molecule has 0 amide bonds. The van der Waals surface area contributed by atoms with Gasteiger partial charge in [-0.15, -0.1) is 11.8 Å². The zero-order chi connectivity index (χ0) is 13.2. The van der Waals surface area contributed by atoms with Crippen molar-refractivity contribution in [1.82, 2.24) is 9.80 Å². The van der Waals surface area contributed by atoms with Gasteiger partial charge in [0.1, 0.15) is 0 Å². The molecule has 0 N–H and O–H groups in total.